The van der Waals surface area contributed by atoms with E-state index in [1.54, 1.807) is 10.8 Å². The van der Waals surface area contributed by atoms with Crippen LogP contribution in [-0.2, 0) is 0 Å². The number of hydrogen-bond acceptors (Lipinski definition) is 2. The molecule has 0 aliphatic rings. The highest BCUT2D eigenvalue weighted by Crippen LogP contribution is 2.21. The minimum Gasteiger partial charge on any atom is -0.111 e. The first-order valence-corrected chi connectivity index (χ1v) is 5.69. The summed E-state index contributed by atoms with van der Waals surface area (Å²) >= 11 is 4.13. The largest absolute Gasteiger partial charge is 0.111 e. The third kappa shape index (κ3) is 2.80. The predicted molar refractivity (Wildman–Crippen MR) is 56.3 cm³/mol. The summed E-state index contributed by atoms with van der Waals surface area (Å²) in [6, 6.07) is 10.5. The first-order chi connectivity index (χ1) is 5.34. The molecular formula is C9H12S2. The van der Waals surface area contributed by atoms with E-state index in [1.807, 2.05) is 6.07 Å². The van der Waals surface area contributed by atoms with Crippen molar-refractivity contribution in [1.82, 2.24) is 0 Å². The van der Waals surface area contributed by atoms with E-state index in [0.29, 0.717) is 5.92 Å². The molecule has 1 aromatic rings. The number of hydrogen-bond donors (Lipinski definition) is 1. The summed E-state index contributed by atoms with van der Waals surface area (Å²) < 4.78 is 0. The van der Waals surface area contributed by atoms with Crippen molar-refractivity contribution in [1.29, 1.82) is 0 Å². The average Bonchev–Trinajstić information content (AvgIpc) is 2.07. The Balaban J connectivity index is 2.61. The highest BCUT2D eigenvalue weighted by atomic mass is 33.1. The average molecular weight is 184 g/mol. The van der Waals surface area contributed by atoms with Gasteiger partial charge in [-0.2, -0.15) is 0 Å². The molecule has 0 aliphatic carbocycles. The predicted octanol–water partition coefficient (Wildman–Crippen LogP) is 3.37. The molecule has 0 saturated heterocycles. The standard InChI is InChI=1S/C9H12S2/c1-8(7-11-10)9-5-3-2-4-6-9/h2-6,8,10H,7H2,1H3. The second-order valence-corrected chi connectivity index (χ2v) is 3.97. The second-order valence-electron chi connectivity index (χ2n) is 2.61. The lowest BCUT2D eigenvalue weighted by Gasteiger charge is -2.08. The van der Waals surface area contributed by atoms with Crippen LogP contribution in [-0.4, -0.2) is 5.75 Å². The Bertz CT molecular complexity index is 196. The van der Waals surface area contributed by atoms with Gasteiger partial charge < -0.3 is 0 Å². The summed E-state index contributed by atoms with van der Waals surface area (Å²) in [5, 5.41) is 0. The summed E-state index contributed by atoms with van der Waals surface area (Å²) in [5.41, 5.74) is 1.40. The van der Waals surface area contributed by atoms with Crippen molar-refractivity contribution in [2.45, 2.75) is 12.8 Å². The molecule has 0 radical (unpaired) electrons. The van der Waals surface area contributed by atoms with Gasteiger partial charge in [-0.3, -0.25) is 0 Å². The Labute approximate surface area is 77.2 Å². The molecule has 0 N–H and O–H groups in total. The van der Waals surface area contributed by atoms with Gasteiger partial charge in [-0.05, 0) is 11.5 Å². The first-order valence-electron chi connectivity index (χ1n) is 3.66. The van der Waals surface area contributed by atoms with E-state index in [2.05, 4.69) is 42.9 Å². The fourth-order valence-corrected chi connectivity index (χ4v) is 2.08. The lowest BCUT2D eigenvalue weighted by atomic mass is 10.0. The van der Waals surface area contributed by atoms with Crippen molar-refractivity contribution in [2.75, 3.05) is 5.75 Å². The minimum absolute atomic E-state index is 0.610. The highest BCUT2D eigenvalue weighted by Gasteiger charge is 2.02. The van der Waals surface area contributed by atoms with Crippen LogP contribution in [0.4, 0.5) is 0 Å². The highest BCUT2D eigenvalue weighted by molar-refractivity contribution is 8.68. The molecule has 0 bridgehead atoms. The van der Waals surface area contributed by atoms with E-state index in [4.69, 9.17) is 0 Å². The topological polar surface area (TPSA) is 0 Å². The maximum absolute atomic E-state index is 4.13. The third-order valence-electron chi connectivity index (χ3n) is 1.69. The zero-order valence-corrected chi connectivity index (χ0v) is 8.24. The molecule has 1 rings (SSSR count). The Morgan fingerprint density at radius 3 is 2.55 bits per heavy atom. The fraction of sp³-hybridized carbons (Fsp3) is 0.333. The van der Waals surface area contributed by atoms with Crippen molar-refractivity contribution >= 4 is 22.5 Å². The fourth-order valence-electron chi connectivity index (χ4n) is 0.990. The molecule has 0 aromatic heterocycles. The zero-order valence-electron chi connectivity index (χ0n) is 6.53. The summed E-state index contributed by atoms with van der Waals surface area (Å²) in [5.74, 6) is 1.69. The zero-order chi connectivity index (χ0) is 8.10. The van der Waals surface area contributed by atoms with E-state index in [1.165, 1.54) is 5.56 Å². The van der Waals surface area contributed by atoms with Crippen molar-refractivity contribution in [3.8, 4) is 0 Å². The van der Waals surface area contributed by atoms with Gasteiger partial charge in [-0.15, -0.1) is 11.7 Å². The maximum Gasteiger partial charge on any atom is 0.0101 e. The van der Waals surface area contributed by atoms with Crippen LogP contribution in [0.3, 0.4) is 0 Å². The van der Waals surface area contributed by atoms with Crippen LogP contribution in [0.25, 0.3) is 0 Å². The Kier molecular flexibility index (Phi) is 3.87. The van der Waals surface area contributed by atoms with Gasteiger partial charge in [-0.1, -0.05) is 48.0 Å². The van der Waals surface area contributed by atoms with Gasteiger partial charge in [0.05, 0.1) is 0 Å². The minimum atomic E-state index is 0.610. The van der Waals surface area contributed by atoms with Crippen LogP contribution in [0, 0.1) is 0 Å². The van der Waals surface area contributed by atoms with Gasteiger partial charge in [0.2, 0.25) is 0 Å². The van der Waals surface area contributed by atoms with E-state index in [0.717, 1.165) is 5.75 Å². The van der Waals surface area contributed by atoms with Gasteiger partial charge >= 0.3 is 0 Å². The molecule has 0 heterocycles. The molecule has 60 valence electrons. The lowest BCUT2D eigenvalue weighted by Crippen LogP contribution is -1.94. The summed E-state index contributed by atoms with van der Waals surface area (Å²) in [7, 11) is 1.60. The van der Waals surface area contributed by atoms with Crippen molar-refractivity contribution in [3.05, 3.63) is 35.9 Å². The summed E-state index contributed by atoms with van der Waals surface area (Å²) in [6.45, 7) is 2.22. The smallest absolute Gasteiger partial charge is 0.0101 e. The second kappa shape index (κ2) is 4.73. The summed E-state index contributed by atoms with van der Waals surface area (Å²) in [6.07, 6.45) is 0. The van der Waals surface area contributed by atoms with Crippen LogP contribution in [0.5, 0.6) is 0 Å². The van der Waals surface area contributed by atoms with Crippen molar-refractivity contribution in [2.24, 2.45) is 0 Å². The van der Waals surface area contributed by atoms with Crippen LogP contribution < -0.4 is 0 Å². The van der Waals surface area contributed by atoms with E-state index in [9.17, 15) is 0 Å². The monoisotopic (exact) mass is 184 g/mol. The molecule has 0 saturated carbocycles. The number of thiol groups is 1. The number of benzene rings is 1. The van der Waals surface area contributed by atoms with E-state index < -0.39 is 0 Å². The van der Waals surface area contributed by atoms with Gasteiger partial charge in [0.15, 0.2) is 0 Å². The van der Waals surface area contributed by atoms with E-state index >= 15 is 0 Å². The maximum atomic E-state index is 4.13. The van der Waals surface area contributed by atoms with E-state index in [-0.39, 0.29) is 0 Å². The molecule has 0 spiro atoms. The normalized spacial score (nSPS) is 12.9. The van der Waals surface area contributed by atoms with Crippen molar-refractivity contribution in [3.63, 3.8) is 0 Å². The Morgan fingerprint density at radius 2 is 2.00 bits per heavy atom. The molecular weight excluding hydrogens is 172 g/mol. The summed E-state index contributed by atoms with van der Waals surface area (Å²) in [4.78, 5) is 0. The molecule has 0 nitrogen and oxygen atoms in total. The molecule has 2 heteroatoms. The van der Waals surface area contributed by atoms with Gasteiger partial charge in [-0.25, -0.2) is 0 Å². The molecule has 1 unspecified atom stereocenters. The third-order valence-corrected chi connectivity index (χ3v) is 2.79. The Morgan fingerprint density at radius 1 is 1.36 bits per heavy atom. The van der Waals surface area contributed by atoms with Crippen LogP contribution in [0.15, 0.2) is 30.3 Å². The number of rotatable bonds is 3. The van der Waals surface area contributed by atoms with Crippen molar-refractivity contribution < 1.29 is 0 Å². The van der Waals surface area contributed by atoms with Gasteiger partial charge in [0.1, 0.15) is 0 Å². The van der Waals surface area contributed by atoms with Crippen LogP contribution in [0.1, 0.15) is 18.4 Å². The molecule has 0 fully saturated rings. The van der Waals surface area contributed by atoms with Crippen LogP contribution in [0.2, 0.25) is 0 Å². The quantitative estimate of drug-likeness (QED) is 0.555. The van der Waals surface area contributed by atoms with Gasteiger partial charge in [0, 0.05) is 5.75 Å². The molecule has 11 heavy (non-hydrogen) atoms. The molecule has 0 amide bonds. The first kappa shape index (κ1) is 9.01. The molecule has 0 aliphatic heterocycles. The SMILES string of the molecule is CC(CSS)c1ccccc1. The lowest BCUT2D eigenvalue weighted by molar-refractivity contribution is 0.883. The van der Waals surface area contributed by atoms with Crippen LogP contribution >= 0.6 is 22.5 Å². The molecule has 1 aromatic carbocycles. The Hall–Kier alpha value is -0.0800. The molecule has 1 atom stereocenters. The van der Waals surface area contributed by atoms with Gasteiger partial charge in [0.25, 0.3) is 0 Å².